The van der Waals surface area contributed by atoms with Gasteiger partial charge in [-0.15, -0.1) is 0 Å². The van der Waals surface area contributed by atoms with E-state index in [-0.39, 0.29) is 0 Å². The Balaban J connectivity index is 2.41. The lowest BCUT2D eigenvalue weighted by Crippen LogP contribution is -2.41. The number of rotatable bonds is 3. The molecule has 0 aromatic heterocycles. The molecular formula is C14H18BClO4. The topological polar surface area (TPSA) is 44.8 Å². The van der Waals surface area contributed by atoms with E-state index in [0.29, 0.717) is 22.6 Å². The molecule has 0 amide bonds. The largest absolute Gasteiger partial charge is 0.496 e. The van der Waals surface area contributed by atoms with Gasteiger partial charge >= 0.3 is 7.12 Å². The summed E-state index contributed by atoms with van der Waals surface area (Å²) in [5.74, 6) is 0.414. The highest BCUT2D eigenvalue weighted by Gasteiger charge is 2.51. The predicted octanol–water partition coefficient (Wildman–Crippen LogP) is 2.46. The van der Waals surface area contributed by atoms with Gasteiger partial charge in [0.2, 0.25) is 0 Å². The quantitative estimate of drug-likeness (QED) is 0.635. The number of ether oxygens (including phenoxy) is 1. The molecule has 1 aliphatic rings. The Hall–Kier alpha value is -1.04. The van der Waals surface area contributed by atoms with Gasteiger partial charge in [-0.25, -0.2) is 0 Å². The third-order valence-corrected chi connectivity index (χ3v) is 4.29. The maximum Gasteiger partial charge on any atom is 0.495 e. The monoisotopic (exact) mass is 296 g/mol. The van der Waals surface area contributed by atoms with Crippen LogP contribution in [0.2, 0.25) is 5.02 Å². The zero-order chi connectivity index (χ0) is 15.1. The molecule has 20 heavy (non-hydrogen) atoms. The van der Waals surface area contributed by atoms with Gasteiger partial charge in [0, 0.05) is 0 Å². The van der Waals surface area contributed by atoms with Crippen molar-refractivity contribution in [2.45, 2.75) is 38.9 Å². The SMILES string of the molecule is COc1cc(B2OC(C)(C)C(C)(C)O2)cc(Cl)c1C=O. The van der Waals surface area contributed by atoms with Crippen molar-refractivity contribution in [3.63, 3.8) is 0 Å². The Kier molecular flexibility index (Phi) is 3.89. The third-order valence-electron chi connectivity index (χ3n) is 3.98. The van der Waals surface area contributed by atoms with Crippen LogP contribution in [-0.2, 0) is 9.31 Å². The molecule has 0 spiro atoms. The average molecular weight is 297 g/mol. The molecule has 1 heterocycles. The van der Waals surface area contributed by atoms with Crippen LogP contribution in [0.15, 0.2) is 12.1 Å². The van der Waals surface area contributed by atoms with Crippen molar-refractivity contribution >= 4 is 30.5 Å². The summed E-state index contributed by atoms with van der Waals surface area (Å²) in [7, 11) is 0.958. The maximum absolute atomic E-state index is 11.0. The molecule has 1 aromatic rings. The highest BCUT2D eigenvalue weighted by molar-refractivity contribution is 6.62. The summed E-state index contributed by atoms with van der Waals surface area (Å²) in [4.78, 5) is 11.0. The number of benzene rings is 1. The number of halogens is 1. The molecule has 4 nitrogen and oxygen atoms in total. The molecule has 0 atom stereocenters. The van der Waals surface area contributed by atoms with Crippen LogP contribution in [0.1, 0.15) is 38.1 Å². The summed E-state index contributed by atoms with van der Waals surface area (Å²) < 4.78 is 17.1. The second-order valence-corrected chi connectivity index (χ2v) is 6.23. The summed E-state index contributed by atoms with van der Waals surface area (Å²) in [6, 6.07) is 3.40. The van der Waals surface area contributed by atoms with E-state index in [9.17, 15) is 4.79 Å². The molecule has 2 rings (SSSR count). The lowest BCUT2D eigenvalue weighted by Gasteiger charge is -2.32. The summed E-state index contributed by atoms with van der Waals surface area (Å²) in [6.45, 7) is 7.91. The van der Waals surface area contributed by atoms with E-state index in [0.717, 1.165) is 5.46 Å². The Labute approximate surface area is 124 Å². The first-order valence-corrected chi connectivity index (χ1v) is 6.78. The second-order valence-electron chi connectivity index (χ2n) is 5.82. The van der Waals surface area contributed by atoms with Crippen molar-refractivity contribution in [2.24, 2.45) is 0 Å². The number of hydrogen-bond acceptors (Lipinski definition) is 4. The Morgan fingerprint density at radius 2 is 1.75 bits per heavy atom. The highest BCUT2D eigenvalue weighted by Crippen LogP contribution is 2.37. The van der Waals surface area contributed by atoms with Crippen LogP contribution in [0.25, 0.3) is 0 Å². The fourth-order valence-electron chi connectivity index (χ4n) is 2.01. The van der Waals surface area contributed by atoms with E-state index in [1.165, 1.54) is 7.11 Å². The van der Waals surface area contributed by atoms with Gasteiger partial charge in [-0.1, -0.05) is 11.6 Å². The molecule has 1 saturated heterocycles. The zero-order valence-corrected chi connectivity index (χ0v) is 13.1. The first-order chi connectivity index (χ1) is 9.21. The number of carbonyl (C=O) groups excluding carboxylic acids is 1. The van der Waals surface area contributed by atoms with Gasteiger partial charge in [-0.3, -0.25) is 4.79 Å². The Morgan fingerprint density at radius 1 is 1.20 bits per heavy atom. The minimum Gasteiger partial charge on any atom is -0.496 e. The number of hydrogen-bond donors (Lipinski definition) is 0. The van der Waals surface area contributed by atoms with Gasteiger partial charge in [-0.05, 0) is 45.3 Å². The standard InChI is InChI=1S/C14H18BClO4/c1-13(2)14(3,4)20-15(19-13)9-6-11(16)10(8-17)12(7-9)18-5/h6-8H,1-5H3. The van der Waals surface area contributed by atoms with Crippen molar-refractivity contribution < 1.29 is 18.8 Å². The normalized spacial score (nSPS) is 20.0. The van der Waals surface area contributed by atoms with Gasteiger partial charge < -0.3 is 14.0 Å². The third kappa shape index (κ3) is 2.46. The van der Waals surface area contributed by atoms with E-state index >= 15 is 0 Å². The molecule has 6 heteroatoms. The van der Waals surface area contributed by atoms with Crippen LogP contribution in [0, 0.1) is 0 Å². The van der Waals surface area contributed by atoms with Gasteiger partial charge in [0.15, 0.2) is 6.29 Å². The molecule has 108 valence electrons. The minimum atomic E-state index is -0.535. The van der Waals surface area contributed by atoms with Crippen molar-refractivity contribution in [1.82, 2.24) is 0 Å². The van der Waals surface area contributed by atoms with Crippen LogP contribution >= 0.6 is 11.6 Å². The molecule has 0 radical (unpaired) electrons. The number of aldehydes is 1. The molecule has 0 saturated carbocycles. The molecule has 0 N–H and O–H groups in total. The van der Waals surface area contributed by atoms with Gasteiger partial charge in [0.1, 0.15) is 5.75 Å². The van der Waals surface area contributed by atoms with Gasteiger partial charge in [0.05, 0.1) is 28.9 Å². The summed E-state index contributed by atoms with van der Waals surface area (Å²) in [6.07, 6.45) is 0.676. The molecule has 0 bridgehead atoms. The zero-order valence-electron chi connectivity index (χ0n) is 12.3. The van der Waals surface area contributed by atoms with Crippen LogP contribution in [-0.4, -0.2) is 31.7 Å². The molecule has 0 aliphatic carbocycles. The van der Waals surface area contributed by atoms with E-state index in [1.807, 2.05) is 27.7 Å². The van der Waals surface area contributed by atoms with E-state index in [4.69, 9.17) is 25.6 Å². The van der Waals surface area contributed by atoms with E-state index in [1.54, 1.807) is 12.1 Å². The van der Waals surface area contributed by atoms with E-state index in [2.05, 4.69) is 0 Å². The molecule has 0 unspecified atom stereocenters. The summed E-state index contributed by atoms with van der Waals surface area (Å²) >= 11 is 6.11. The van der Waals surface area contributed by atoms with Gasteiger partial charge in [0.25, 0.3) is 0 Å². The van der Waals surface area contributed by atoms with Crippen LogP contribution in [0.3, 0.4) is 0 Å². The molecule has 1 fully saturated rings. The highest BCUT2D eigenvalue weighted by atomic mass is 35.5. The van der Waals surface area contributed by atoms with Gasteiger partial charge in [-0.2, -0.15) is 0 Å². The first kappa shape index (κ1) is 15.4. The first-order valence-electron chi connectivity index (χ1n) is 6.40. The second kappa shape index (κ2) is 5.06. The van der Waals surface area contributed by atoms with Crippen molar-refractivity contribution in [1.29, 1.82) is 0 Å². The molecule has 1 aromatic carbocycles. The van der Waals surface area contributed by atoms with Crippen LogP contribution in [0.5, 0.6) is 5.75 Å². The smallest absolute Gasteiger partial charge is 0.495 e. The minimum absolute atomic E-state index is 0.323. The predicted molar refractivity (Wildman–Crippen MR) is 79.1 cm³/mol. The fraction of sp³-hybridized carbons (Fsp3) is 0.500. The maximum atomic E-state index is 11.0. The fourth-order valence-corrected chi connectivity index (χ4v) is 2.27. The van der Waals surface area contributed by atoms with Crippen LogP contribution < -0.4 is 10.2 Å². The van der Waals surface area contributed by atoms with Crippen molar-refractivity contribution in [2.75, 3.05) is 7.11 Å². The van der Waals surface area contributed by atoms with Crippen LogP contribution in [0.4, 0.5) is 0 Å². The lowest BCUT2D eigenvalue weighted by molar-refractivity contribution is 0.00578. The summed E-state index contributed by atoms with van der Waals surface area (Å²) in [5, 5.41) is 0.323. The number of carbonyl (C=O) groups is 1. The Bertz CT molecular complexity index is 526. The Morgan fingerprint density at radius 3 is 2.20 bits per heavy atom. The van der Waals surface area contributed by atoms with E-state index < -0.39 is 18.3 Å². The van der Waals surface area contributed by atoms with Crippen molar-refractivity contribution in [3.8, 4) is 5.75 Å². The summed E-state index contributed by atoms with van der Waals surface area (Å²) in [5.41, 5.74) is 0.201. The molecule has 1 aliphatic heterocycles. The lowest BCUT2D eigenvalue weighted by atomic mass is 9.78. The van der Waals surface area contributed by atoms with Crippen molar-refractivity contribution in [3.05, 3.63) is 22.7 Å². The number of methoxy groups -OCH3 is 1. The average Bonchev–Trinajstić information content (AvgIpc) is 2.57. The molecular weight excluding hydrogens is 278 g/mol.